The molecule has 0 N–H and O–H groups in total. The van der Waals surface area contributed by atoms with Crippen LogP contribution in [0.4, 0.5) is 5.69 Å². The van der Waals surface area contributed by atoms with Crippen LogP contribution in [0.15, 0.2) is 58.0 Å². The van der Waals surface area contributed by atoms with Gasteiger partial charge >= 0.3 is 5.97 Å². The van der Waals surface area contributed by atoms with Gasteiger partial charge in [-0.3, -0.25) is 4.31 Å². The summed E-state index contributed by atoms with van der Waals surface area (Å²) in [6, 6.07) is 12.1. The molecule has 1 aliphatic heterocycles. The summed E-state index contributed by atoms with van der Waals surface area (Å²) in [5.41, 5.74) is 0.819. The van der Waals surface area contributed by atoms with Crippen LogP contribution in [0.1, 0.15) is 23.0 Å². The van der Waals surface area contributed by atoms with Gasteiger partial charge in [0.05, 0.1) is 30.0 Å². The molecule has 128 valence electrons. The molecule has 0 spiro atoms. The van der Waals surface area contributed by atoms with Crippen LogP contribution in [-0.4, -0.2) is 21.0 Å². The van der Waals surface area contributed by atoms with Crippen molar-refractivity contribution in [3.63, 3.8) is 0 Å². The van der Waals surface area contributed by atoms with E-state index in [0.717, 1.165) is 5.39 Å². The lowest BCUT2D eigenvalue weighted by atomic mass is 10.1. The summed E-state index contributed by atoms with van der Waals surface area (Å²) in [4.78, 5) is 12.3. The van der Waals surface area contributed by atoms with Crippen molar-refractivity contribution in [2.45, 2.75) is 18.4 Å². The van der Waals surface area contributed by atoms with Crippen LogP contribution in [0.2, 0.25) is 0 Å². The summed E-state index contributed by atoms with van der Waals surface area (Å²) in [5, 5.41) is 1.54. The number of benzene rings is 2. The lowest BCUT2D eigenvalue weighted by Crippen LogP contribution is -2.27. The zero-order valence-electron chi connectivity index (χ0n) is 13.4. The van der Waals surface area contributed by atoms with Gasteiger partial charge in [-0.1, -0.05) is 24.3 Å². The second-order valence-electron chi connectivity index (χ2n) is 5.62. The highest BCUT2D eigenvalue weighted by Gasteiger charge is 2.36. The van der Waals surface area contributed by atoms with E-state index in [2.05, 4.69) is 0 Å². The molecule has 0 fully saturated rings. The van der Waals surface area contributed by atoms with E-state index in [-0.39, 0.29) is 29.4 Å². The van der Waals surface area contributed by atoms with Crippen molar-refractivity contribution in [3.05, 3.63) is 60.1 Å². The van der Waals surface area contributed by atoms with Crippen molar-refractivity contribution in [2.75, 3.05) is 10.9 Å². The highest BCUT2D eigenvalue weighted by atomic mass is 32.2. The summed E-state index contributed by atoms with van der Waals surface area (Å²) >= 11 is 0. The number of carbonyl (C=O) groups is 1. The van der Waals surface area contributed by atoms with Crippen molar-refractivity contribution in [1.82, 2.24) is 0 Å². The molecule has 0 bridgehead atoms. The molecule has 0 atom stereocenters. The van der Waals surface area contributed by atoms with Gasteiger partial charge in [0.15, 0.2) is 0 Å². The van der Waals surface area contributed by atoms with Gasteiger partial charge in [0.25, 0.3) is 10.0 Å². The van der Waals surface area contributed by atoms with Gasteiger partial charge in [-0.25, -0.2) is 13.2 Å². The minimum absolute atomic E-state index is 0.0721. The maximum Gasteiger partial charge on any atom is 0.341 e. The molecule has 0 aliphatic carbocycles. The fourth-order valence-corrected chi connectivity index (χ4v) is 4.78. The first-order chi connectivity index (χ1) is 12.0. The number of hydrogen-bond acceptors (Lipinski definition) is 5. The maximum absolute atomic E-state index is 13.0. The second-order valence-corrected chi connectivity index (χ2v) is 7.45. The van der Waals surface area contributed by atoms with E-state index in [9.17, 15) is 13.2 Å². The fourth-order valence-electron chi connectivity index (χ4n) is 3.11. The molecule has 6 nitrogen and oxygen atoms in total. The predicted molar refractivity (Wildman–Crippen MR) is 92.0 cm³/mol. The van der Waals surface area contributed by atoms with Crippen LogP contribution in [-0.2, 0) is 21.3 Å². The molecule has 1 aliphatic rings. The van der Waals surface area contributed by atoms with Crippen LogP contribution in [0.25, 0.3) is 10.8 Å². The highest BCUT2D eigenvalue weighted by molar-refractivity contribution is 7.93. The van der Waals surface area contributed by atoms with Crippen LogP contribution >= 0.6 is 0 Å². The Balaban J connectivity index is 1.80. The third-order valence-electron chi connectivity index (χ3n) is 4.21. The van der Waals surface area contributed by atoms with E-state index in [1.807, 2.05) is 18.2 Å². The van der Waals surface area contributed by atoms with Gasteiger partial charge in [0.1, 0.15) is 11.3 Å². The molecule has 2 aromatic carbocycles. The van der Waals surface area contributed by atoms with Crippen LogP contribution in [0.3, 0.4) is 0 Å². The number of nitrogens with zero attached hydrogens (tertiary/aromatic N) is 1. The first kappa shape index (κ1) is 15.7. The molecule has 1 aromatic heterocycles. The minimum atomic E-state index is -3.71. The third kappa shape index (κ3) is 2.31. The SMILES string of the molecule is CCOC(=O)c1ccoc1CN1c2cccc3cccc(c23)S1(=O)=O. The quantitative estimate of drug-likeness (QED) is 0.670. The van der Waals surface area contributed by atoms with Gasteiger partial charge < -0.3 is 9.15 Å². The van der Waals surface area contributed by atoms with Gasteiger partial charge in [0.2, 0.25) is 0 Å². The van der Waals surface area contributed by atoms with Crippen LogP contribution in [0.5, 0.6) is 0 Å². The molecule has 0 saturated heterocycles. The largest absolute Gasteiger partial charge is 0.466 e. The van der Waals surface area contributed by atoms with Crippen molar-refractivity contribution < 1.29 is 22.4 Å². The molecule has 7 heteroatoms. The van der Waals surface area contributed by atoms with Crippen molar-refractivity contribution in [2.24, 2.45) is 0 Å². The second kappa shape index (κ2) is 5.63. The van der Waals surface area contributed by atoms with Gasteiger partial charge in [0, 0.05) is 5.39 Å². The van der Waals surface area contributed by atoms with Crippen molar-refractivity contribution in [3.8, 4) is 0 Å². The predicted octanol–water partition coefficient (Wildman–Crippen LogP) is 3.32. The van der Waals surface area contributed by atoms with E-state index >= 15 is 0 Å². The fraction of sp³-hybridized carbons (Fsp3) is 0.167. The summed E-state index contributed by atoms with van der Waals surface area (Å²) in [5.74, 6) is -0.273. The van der Waals surface area contributed by atoms with E-state index in [0.29, 0.717) is 11.1 Å². The Morgan fingerprint density at radius 3 is 2.68 bits per heavy atom. The van der Waals surface area contributed by atoms with Crippen LogP contribution < -0.4 is 4.31 Å². The highest BCUT2D eigenvalue weighted by Crippen LogP contribution is 2.42. The van der Waals surface area contributed by atoms with E-state index in [1.165, 1.54) is 16.6 Å². The first-order valence-corrected chi connectivity index (χ1v) is 9.26. The zero-order chi connectivity index (χ0) is 17.6. The zero-order valence-corrected chi connectivity index (χ0v) is 14.2. The minimum Gasteiger partial charge on any atom is -0.466 e. The molecular weight excluding hydrogens is 342 g/mol. The van der Waals surface area contributed by atoms with Gasteiger partial charge in [-0.05, 0) is 30.5 Å². The van der Waals surface area contributed by atoms with Crippen molar-refractivity contribution in [1.29, 1.82) is 0 Å². The number of hydrogen-bond donors (Lipinski definition) is 0. The topological polar surface area (TPSA) is 76.8 Å². The Hall–Kier alpha value is -2.80. The third-order valence-corrected chi connectivity index (χ3v) is 6.01. The Morgan fingerprint density at radius 2 is 1.92 bits per heavy atom. The Bertz CT molecular complexity index is 1080. The number of ether oxygens (including phenoxy) is 1. The monoisotopic (exact) mass is 357 g/mol. The number of sulfonamides is 1. The molecule has 0 radical (unpaired) electrons. The maximum atomic E-state index is 13.0. The van der Waals surface area contributed by atoms with Crippen molar-refractivity contribution >= 4 is 32.5 Å². The lowest BCUT2D eigenvalue weighted by molar-refractivity contribution is 0.0524. The summed E-state index contributed by atoms with van der Waals surface area (Å²) in [6.07, 6.45) is 1.36. The average Bonchev–Trinajstić information content (AvgIpc) is 3.14. The normalized spacial score (nSPS) is 14.8. The van der Waals surface area contributed by atoms with Crippen LogP contribution in [0, 0.1) is 0 Å². The first-order valence-electron chi connectivity index (χ1n) is 7.82. The number of anilines is 1. The molecule has 2 heterocycles. The summed E-state index contributed by atoms with van der Waals surface area (Å²) in [6.45, 7) is 1.87. The standard InChI is InChI=1S/C18H15NO5S/c1-2-23-18(20)13-9-10-24-15(13)11-19-14-7-3-5-12-6-4-8-16(17(12)14)25(19,21)22/h3-10H,2,11H2,1H3. The molecular formula is C18H15NO5S. The Labute approximate surface area is 144 Å². The molecule has 0 unspecified atom stereocenters. The van der Waals surface area contributed by atoms with Gasteiger partial charge in [-0.15, -0.1) is 0 Å². The van der Waals surface area contributed by atoms with E-state index in [1.54, 1.807) is 25.1 Å². The lowest BCUT2D eigenvalue weighted by Gasteiger charge is -2.18. The summed E-state index contributed by atoms with van der Waals surface area (Å²) < 4.78 is 37.6. The summed E-state index contributed by atoms with van der Waals surface area (Å²) in [7, 11) is -3.71. The number of rotatable bonds is 4. The Kier molecular flexibility index (Phi) is 3.54. The number of carbonyl (C=O) groups excluding carboxylic acids is 1. The number of esters is 1. The molecule has 0 saturated carbocycles. The molecule has 3 aromatic rings. The van der Waals surface area contributed by atoms with Gasteiger partial charge in [-0.2, -0.15) is 0 Å². The molecule has 0 amide bonds. The Morgan fingerprint density at radius 1 is 1.16 bits per heavy atom. The molecule has 25 heavy (non-hydrogen) atoms. The van der Waals surface area contributed by atoms with E-state index in [4.69, 9.17) is 9.15 Å². The smallest absolute Gasteiger partial charge is 0.341 e. The van der Waals surface area contributed by atoms with E-state index < -0.39 is 16.0 Å². The number of furan rings is 1. The molecule has 4 rings (SSSR count). The average molecular weight is 357 g/mol.